The molecule has 0 saturated carbocycles. The maximum atomic E-state index is 10.9. The first-order chi connectivity index (χ1) is 6.79. The maximum Gasteiger partial charge on any atom is 0.289 e. The Morgan fingerprint density at radius 2 is 2.20 bits per heavy atom. The Kier molecular flexibility index (Phi) is 5.69. The molecule has 0 aliphatic rings. The third-order valence-corrected chi connectivity index (χ3v) is 2.99. The van der Waals surface area contributed by atoms with Gasteiger partial charge in [0.05, 0.1) is 0 Å². The number of nitrogens with zero attached hydrogens (tertiary/aromatic N) is 1. The van der Waals surface area contributed by atoms with E-state index in [9.17, 15) is 8.42 Å². The first-order valence-electron chi connectivity index (χ1n) is 4.14. The minimum atomic E-state index is -4.29. The normalized spacial score (nSPS) is 17.7. The van der Waals surface area contributed by atoms with Gasteiger partial charge in [0.1, 0.15) is 0 Å². The average Bonchev–Trinajstić information content (AvgIpc) is 2.08. The van der Waals surface area contributed by atoms with Crippen LogP contribution in [0.3, 0.4) is 0 Å². The smallest absolute Gasteiger partial charge is 0.289 e. The van der Waals surface area contributed by atoms with Crippen molar-refractivity contribution in [1.82, 2.24) is 5.32 Å². The molecule has 8 heteroatoms. The molecule has 0 rings (SSSR count). The van der Waals surface area contributed by atoms with Crippen molar-refractivity contribution in [3.05, 3.63) is 12.3 Å². The highest BCUT2D eigenvalue weighted by molar-refractivity contribution is 7.88. The second-order valence-corrected chi connectivity index (χ2v) is 5.13. The quantitative estimate of drug-likeness (QED) is 0.243. The van der Waals surface area contributed by atoms with Crippen LogP contribution in [0.15, 0.2) is 17.3 Å². The molecule has 0 aliphatic heterocycles. The molecule has 0 saturated heterocycles. The third kappa shape index (κ3) is 5.65. The molecule has 0 radical (unpaired) electrons. The van der Waals surface area contributed by atoms with Crippen LogP contribution < -0.4 is 11.1 Å². The fourth-order valence-electron chi connectivity index (χ4n) is 0.766. The van der Waals surface area contributed by atoms with E-state index in [4.69, 9.17) is 10.3 Å². The average molecular weight is 253 g/mol. The van der Waals surface area contributed by atoms with Crippen molar-refractivity contribution in [2.45, 2.75) is 24.5 Å². The second-order valence-electron chi connectivity index (χ2n) is 2.80. The highest BCUT2D eigenvalue weighted by atomic mass is 32.2. The predicted octanol–water partition coefficient (Wildman–Crippen LogP) is -0.0435. The van der Waals surface area contributed by atoms with Gasteiger partial charge in [-0.05, 0) is 13.1 Å². The summed E-state index contributed by atoms with van der Waals surface area (Å²) < 4.78 is 30.6. The summed E-state index contributed by atoms with van der Waals surface area (Å²) >= 11 is 3.90. The minimum Gasteiger partial charge on any atom is -0.370 e. The standard InChI is InChI=1S/C7H15N3O3S2/c1-3-4-9-7(8)10-6(5(2)14)15(11,12)13/h3-6,14H,1-2H3,(H3,8,9,10)(H,11,12,13). The molecule has 6 nitrogen and oxygen atoms in total. The van der Waals surface area contributed by atoms with Crippen molar-refractivity contribution < 1.29 is 13.0 Å². The van der Waals surface area contributed by atoms with E-state index in [1.165, 1.54) is 13.1 Å². The van der Waals surface area contributed by atoms with Crippen LogP contribution in [-0.4, -0.2) is 29.6 Å². The lowest BCUT2D eigenvalue weighted by Gasteiger charge is -2.13. The summed E-state index contributed by atoms with van der Waals surface area (Å²) in [4.78, 5) is 3.60. The van der Waals surface area contributed by atoms with Crippen molar-refractivity contribution in [2.75, 3.05) is 0 Å². The Labute approximate surface area is 94.8 Å². The molecule has 0 spiro atoms. The Morgan fingerprint density at radius 1 is 1.67 bits per heavy atom. The van der Waals surface area contributed by atoms with Gasteiger partial charge >= 0.3 is 0 Å². The molecule has 0 bridgehead atoms. The number of rotatable bonds is 4. The van der Waals surface area contributed by atoms with E-state index in [2.05, 4.69) is 22.9 Å². The number of nitrogens with two attached hydrogens (primary N) is 1. The van der Waals surface area contributed by atoms with Gasteiger partial charge in [-0.2, -0.15) is 21.0 Å². The number of allylic oxidation sites excluding steroid dienone is 1. The highest BCUT2D eigenvalue weighted by Crippen LogP contribution is 2.11. The van der Waals surface area contributed by atoms with E-state index < -0.39 is 20.7 Å². The molecule has 0 aromatic heterocycles. The van der Waals surface area contributed by atoms with Crippen LogP contribution in [-0.2, 0) is 10.1 Å². The lowest BCUT2D eigenvalue weighted by molar-refractivity contribution is 0.467. The molecule has 0 amide bonds. The lowest BCUT2D eigenvalue weighted by Crippen LogP contribution is -2.34. The van der Waals surface area contributed by atoms with Crippen LogP contribution in [0.25, 0.3) is 0 Å². The third-order valence-electron chi connectivity index (χ3n) is 1.38. The Hall–Kier alpha value is -0.730. The predicted molar refractivity (Wildman–Crippen MR) is 63.4 cm³/mol. The number of thiol groups is 1. The minimum absolute atomic E-state index is 0.100. The summed E-state index contributed by atoms with van der Waals surface area (Å²) in [6.45, 7) is 3.25. The van der Waals surface area contributed by atoms with E-state index in [-0.39, 0.29) is 5.96 Å². The Morgan fingerprint density at radius 3 is 2.53 bits per heavy atom. The van der Waals surface area contributed by atoms with Crippen molar-refractivity contribution in [2.24, 2.45) is 10.7 Å². The highest BCUT2D eigenvalue weighted by Gasteiger charge is 2.26. The first-order valence-corrected chi connectivity index (χ1v) is 6.16. The zero-order chi connectivity index (χ0) is 12.1. The van der Waals surface area contributed by atoms with Gasteiger partial charge in [-0.15, -0.1) is 0 Å². The monoisotopic (exact) mass is 253 g/mol. The van der Waals surface area contributed by atoms with Gasteiger partial charge in [-0.25, -0.2) is 4.99 Å². The largest absolute Gasteiger partial charge is 0.370 e. The summed E-state index contributed by atoms with van der Waals surface area (Å²) in [5.74, 6) is -0.100. The van der Waals surface area contributed by atoms with E-state index in [0.29, 0.717) is 0 Å². The van der Waals surface area contributed by atoms with Crippen LogP contribution in [0.4, 0.5) is 0 Å². The summed E-state index contributed by atoms with van der Waals surface area (Å²) in [5, 5.41) is 0.490. The summed E-state index contributed by atoms with van der Waals surface area (Å²) in [6.07, 6.45) is 3.15. The molecule has 0 aromatic carbocycles. The first kappa shape index (κ1) is 14.3. The summed E-state index contributed by atoms with van der Waals surface area (Å²) in [5.41, 5.74) is 5.37. The van der Waals surface area contributed by atoms with Gasteiger partial charge in [0, 0.05) is 5.25 Å². The molecular weight excluding hydrogens is 238 g/mol. The molecule has 88 valence electrons. The van der Waals surface area contributed by atoms with Crippen LogP contribution in [0.5, 0.6) is 0 Å². The number of hydrogen-bond donors (Lipinski definition) is 4. The zero-order valence-electron chi connectivity index (χ0n) is 8.45. The van der Waals surface area contributed by atoms with E-state index >= 15 is 0 Å². The van der Waals surface area contributed by atoms with E-state index in [0.717, 1.165) is 0 Å². The van der Waals surface area contributed by atoms with Crippen molar-refractivity contribution >= 4 is 28.7 Å². The van der Waals surface area contributed by atoms with Gasteiger partial charge < -0.3 is 11.1 Å². The van der Waals surface area contributed by atoms with E-state index in [1.54, 1.807) is 13.0 Å². The molecule has 0 heterocycles. The van der Waals surface area contributed by atoms with Gasteiger partial charge in [0.2, 0.25) is 0 Å². The van der Waals surface area contributed by atoms with Gasteiger partial charge in [-0.3, -0.25) is 4.55 Å². The molecule has 15 heavy (non-hydrogen) atoms. The van der Waals surface area contributed by atoms with Crippen LogP contribution in [0.1, 0.15) is 13.8 Å². The number of hydrogen-bond acceptors (Lipinski definition) is 4. The Balaban J connectivity index is 4.83. The summed E-state index contributed by atoms with van der Waals surface area (Å²) in [6, 6.07) is 0. The SMILES string of the molecule is CC=CNC(N)=NC(C(C)S)S(=O)(=O)O. The number of guanidine groups is 1. The zero-order valence-corrected chi connectivity index (χ0v) is 10.2. The van der Waals surface area contributed by atoms with Gasteiger partial charge in [0.25, 0.3) is 10.1 Å². The van der Waals surface area contributed by atoms with Crippen molar-refractivity contribution in [3.63, 3.8) is 0 Å². The fraction of sp³-hybridized carbons (Fsp3) is 0.571. The molecule has 2 unspecified atom stereocenters. The fourth-order valence-corrected chi connectivity index (χ4v) is 2.04. The molecule has 2 atom stereocenters. The Bertz CT molecular complexity index is 348. The van der Waals surface area contributed by atoms with Crippen molar-refractivity contribution in [1.29, 1.82) is 0 Å². The second kappa shape index (κ2) is 5.99. The molecule has 4 N–H and O–H groups in total. The lowest BCUT2D eigenvalue weighted by atomic mass is 10.5. The molecule has 0 aliphatic carbocycles. The van der Waals surface area contributed by atoms with Crippen molar-refractivity contribution in [3.8, 4) is 0 Å². The van der Waals surface area contributed by atoms with Crippen LogP contribution in [0.2, 0.25) is 0 Å². The summed E-state index contributed by atoms with van der Waals surface area (Å²) in [7, 11) is -4.29. The van der Waals surface area contributed by atoms with E-state index in [1.807, 2.05) is 0 Å². The number of nitrogens with one attached hydrogen (secondary N) is 1. The molecular formula is C7H15N3O3S2. The van der Waals surface area contributed by atoms with Crippen LogP contribution >= 0.6 is 12.6 Å². The van der Waals surface area contributed by atoms with Crippen LogP contribution in [0, 0.1) is 0 Å². The maximum absolute atomic E-state index is 10.9. The van der Waals surface area contributed by atoms with Gasteiger partial charge in [0.15, 0.2) is 11.3 Å². The molecule has 0 fully saturated rings. The van der Waals surface area contributed by atoms with Gasteiger partial charge in [-0.1, -0.05) is 13.0 Å². The topological polar surface area (TPSA) is 105 Å². The number of aliphatic imine (C=N–C) groups is 1. The molecule has 0 aromatic rings.